The van der Waals surface area contributed by atoms with Gasteiger partial charge >= 0.3 is 0 Å². The molecule has 2 aliphatic rings. The molecule has 2 aliphatic heterocycles. The van der Waals surface area contributed by atoms with Gasteiger partial charge in [0.2, 0.25) is 0 Å². The van der Waals surface area contributed by atoms with Crippen LogP contribution >= 0.6 is 11.3 Å². The fraction of sp³-hybridized carbons (Fsp3) is 0.750. The summed E-state index contributed by atoms with van der Waals surface area (Å²) in [6.07, 6.45) is 8.23. The van der Waals surface area contributed by atoms with Crippen molar-refractivity contribution in [3.8, 4) is 0 Å². The van der Waals surface area contributed by atoms with E-state index in [2.05, 4.69) is 34.0 Å². The third kappa shape index (κ3) is 3.21. The summed E-state index contributed by atoms with van der Waals surface area (Å²) in [6, 6.07) is 4.71. The summed E-state index contributed by atoms with van der Waals surface area (Å²) < 4.78 is 0. The van der Waals surface area contributed by atoms with Crippen molar-refractivity contribution < 1.29 is 0 Å². The van der Waals surface area contributed by atoms with Crippen LogP contribution in [0.5, 0.6) is 0 Å². The minimum atomic E-state index is 0.772. The molecule has 2 nitrogen and oxygen atoms in total. The first-order chi connectivity index (χ1) is 9.36. The molecular formula is C16H26N2S. The molecule has 0 spiro atoms. The van der Waals surface area contributed by atoms with Crippen LogP contribution in [0.1, 0.15) is 51.0 Å². The molecule has 1 aromatic heterocycles. The molecule has 19 heavy (non-hydrogen) atoms. The monoisotopic (exact) mass is 278 g/mol. The number of nitrogens with zero attached hydrogens (tertiary/aromatic N) is 1. The molecule has 2 atom stereocenters. The molecule has 2 unspecified atom stereocenters. The quantitative estimate of drug-likeness (QED) is 0.885. The van der Waals surface area contributed by atoms with Gasteiger partial charge in [-0.2, -0.15) is 11.3 Å². The highest BCUT2D eigenvalue weighted by molar-refractivity contribution is 7.07. The van der Waals surface area contributed by atoms with Crippen molar-refractivity contribution in [2.45, 2.75) is 70.1 Å². The Labute approximate surface area is 121 Å². The van der Waals surface area contributed by atoms with Crippen LogP contribution in [0.15, 0.2) is 16.8 Å². The van der Waals surface area contributed by atoms with Gasteiger partial charge in [0.25, 0.3) is 0 Å². The Morgan fingerprint density at radius 3 is 2.74 bits per heavy atom. The Morgan fingerprint density at radius 1 is 1.32 bits per heavy atom. The average molecular weight is 278 g/mol. The van der Waals surface area contributed by atoms with Crippen LogP contribution in [0, 0.1) is 0 Å². The lowest BCUT2D eigenvalue weighted by atomic mass is 9.81. The molecule has 0 aromatic carbocycles. The fourth-order valence-electron chi connectivity index (χ4n) is 3.85. The summed E-state index contributed by atoms with van der Waals surface area (Å²) >= 11 is 1.83. The van der Waals surface area contributed by atoms with Crippen LogP contribution < -0.4 is 5.32 Å². The topological polar surface area (TPSA) is 15.3 Å². The minimum Gasteiger partial charge on any atom is -0.314 e. The van der Waals surface area contributed by atoms with Gasteiger partial charge in [-0.15, -0.1) is 0 Å². The fourth-order valence-corrected chi connectivity index (χ4v) is 4.51. The SMILES string of the molecule is CCCNC1CC2CCCC(C1)N2Cc1ccsc1. The van der Waals surface area contributed by atoms with Gasteiger partial charge in [-0.25, -0.2) is 0 Å². The van der Waals surface area contributed by atoms with Crippen molar-refractivity contribution in [2.24, 2.45) is 0 Å². The first kappa shape index (κ1) is 13.6. The predicted octanol–water partition coefficient (Wildman–Crippen LogP) is 3.63. The molecule has 0 amide bonds. The molecule has 0 saturated carbocycles. The van der Waals surface area contributed by atoms with Crippen molar-refractivity contribution in [2.75, 3.05) is 6.54 Å². The molecule has 0 radical (unpaired) electrons. The number of thiophene rings is 1. The first-order valence-electron chi connectivity index (χ1n) is 7.87. The van der Waals surface area contributed by atoms with E-state index >= 15 is 0 Å². The summed E-state index contributed by atoms with van der Waals surface area (Å²) in [5.41, 5.74) is 1.52. The molecule has 3 rings (SSSR count). The van der Waals surface area contributed by atoms with Crippen LogP contribution in [0.2, 0.25) is 0 Å². The number of nitrogens with one attached hydrogen (secondary N) is 1. The molecule has 3 heteroatoms. The average Bonchev–Trinajstić information content (AvgIpc) is 2.89. The van der Waals surface area contributed by atoms with E-state index in [1.165, 1.54) is 57.2 Å². The van der Waals surface area contributed by atoms with Crippen LogP contribution in [-0.4, -0.2) is 29.6 Å². The number of hydrogen-bond acceptors (Lipinski definition) is 3. The molecule has 1 N–H and O–H groups in total. The van der Waals surface area contributed by atoms with Gasteiger partial charge in [0.15, 0.2) is 0 Å². The van der Waals surface area contributed by atoms with Crippen LogP contribution in [0.25, 0.3) is 0 Å². The lowest BCUT2D eigenvalue weighted by Crippen LogP contribution is -2.55. The standard InChI is InChI=1S/C16H26N2S/c1-2-7-17-14-9-15-4-3-5-16(10-14)18(15)11-13-6-8-19-12-13/h6,8,12,14-17H,2-5,7,9-11H2,1H3. The van der Waals surface area contributed by atoms with E-state index in [0.29, 0.717) is 0 Å². The van der Waals surface area contributed by atoms with Crippen molar-refractivity contribution in [1.29, 1.82) is 0 Å². The first-order valence-corrected chi connectivity index (χ1v) is 8.81. The van der Waals surface area contributed by atoms with Crippen LogP contribution in [0.3, 0.4) is 0 Å². The van der Waals surface area contributed by atoms with E-state index in [0.717, 1.165) is 18.1 Å². The van der Waals surface area contributed by atoms with Crippen molar-refractivity contribution in [1.82, 2.24) is 10.2 Å². The molecule has 2 fully saturated rings. The van der Waals surface area contributed by atoms with E-state index in [1.54, 1.807) is 0 Å². The lowest BCUT2D eigenvalue weighted by molar-refractivity contribution is 0.0178. The Kier molecular flexibility index (Phi) is 4.57. The second-order valence-electron chi connectivity index (χ2n) is 6.16. The second kappa shape index (κ2) is 6.38. The minimum absolute atomic E-state index is 0.772. The predicted molar refractivity (Wildman–Crippen MR) is 82.6 cm³/mol. The Balaban J connectivity index is 1.63. The van der Waals surface area contributed by atoms with E-state index in [4.69, 9.17) is 0 Å². The number of rotatable bonds is 5. The van der Waals surface area contributed by atoms with E-state index in [-0.39, 0.29) is 0 Å². The maximum absolute atomic E-state index is 3.75. The van der Waals surface area contributed by atoms with Gasteiger partial charge in [0.05, 0.1) is 0 Å². The summed E-state index contributed by atoms with van der Waals surface area (Å²) in [6.45, 7) is 4.63. The van der Waals surface area contributed by atoms with E-state index in [1.807, 2.05) is 11.3 Å². The normalized spacial score (nSPS) is 31.5. The molecule has 106 valence electrons. The highest BCUT2D eigenvalue weighted by atomic mass is 32.1. The maximum atomic E-state index is 3.75. The Bertz CT molecular complexity index is 362. The zero-order valence-electron chi connectivity index (χ0n) is 12.0. The van der Waals surface area contributed by atoms with Crippen molar-refractivity contribution >= 4 is 11.3 Å². The number of hydrogen-bond donors (Lipinski definition) is 1. The summed E-state index contributed by atoms with van der Waals surface area (Å²) in [4.78, 5) is 2.80. The Morgan fingerprint density at radius 2 is 2.11 bits per heavy atom. The third-order valence-corrected chi connectivity index (χ3v) is 5.49. The zero-order chi connectivity index (χ0) is 13.1. The second-order valence-corrected chi connectivity index (χ2v) is 6.94. The van der Waals surface area contributed by atoms with Gasteiger partial charge in [-0.05, 0) is 61.0 Å². The van der Waals surface area contributed by atoms with Crippen LogP contribution in [0.4, 0.5) is 0 Å². The van der Waals surface area contributed by atoms with Gasteiger partial charge in [-0.3, -0.25) is 4.90 Å². The smallest absolute Gasteiger partial charge is 0.0247 e. The maximum Gasteiger partial charge on any atom is 0.0247 e. The van der Waals surface area contributed by atoms with Gasteiger partial charge in [0, 0.05) is 24.7 Å². The lowest BCUT2D eigenvalue weighted by Gasteiger charge is -2.49. The van der Waals surface area contributed by atoms with Crippen LogP contribution in [-0.2, 0) is 6.54 Å². The van der Waals surface area contributed by atoms with E-state index in [9.17, 15) is 0 Å². The summed E-state index contributed by atoms with van der Waals surface area (Å²) in [5, 5.41) is 8.28. The third-order valence-electron chi connectivity index (χ3n) is 4.75. The molecule has 2 bridgehead atoms. The number of fused-ring (bicyclic) bond motifs is 2. The highest BCUT2D eigenvalue weighted by Crippen LogP contribution is 2.35. The molecular weight excluding hydrogens is 252 g/mol. The zero-order valence-corrected chi connectivity index (χ0v) is 12.8. The molecule has 1 aromatic rings. The Hall–Kier alpha value is -0.380. The van der Waals surface area contributed by atoms with Crippen molar-refractivity contribution in [3.63, 3.8) is 0 Å². The molecule has 0 aliphatic carbocycles. The summed E-state index contributed by atoms with van der Waals surface area (Å²) in [5.74, 6) is 0. The largest absolute Gasteiger partial charge is 0.314 e. The molecule has 3 heterocycles. The van der Waals surface area contributed by atoms with E-state index < -0.39 is 0 Å². The van der Waals surface area contributed by atoms with Crippen molar-refractivity contribution in [3.05, 3.63) is 22.4 Å². The van der Waals surface area contributed by atoms with Gasteiger partial charge in [-0.1, -0.05) is 13.3 Å². The van der Waals surface area contributed by atoms with Gasteiger partial charge < -0.3 is 5.32 Å². The molecule has 2 saturated heterocycles. The van der Waals surface area contributed by atoms with Gasteiger partial charge in [0.1, 0.15) is 0 Å². The highest BCUT2D eigenvalue weighted by Gasteiger charge is 2.37. The summed E-state index contributed by atoms with van der Waals surface area (Å²) in [7, 11) is 0. The number of piperidine rings is 2.